The standard InChI is InChI=1S/C12H5Cl4NO2/c13-8-10(9(14)12(16)17-11(8)15)19-7-3-1-6(5-18)2-4-7/h1-5H. The van der Waals surface area contributed by atoms with Crippen molar-refractivity contribution in [1.29, 1.82) is 0 Å². The molecule has 19 heavy (non-hydrogen) atoms. The molecule has 0 aliphatic carbocycles. The molecule has 1 aromatic carbocycles. The Morgan fingerprint density at radius 1 is 0.947 bits per heavy atom. The van der Waals surface area contributed by atoms with Crippen molar-refractivity contribution in [1.82, 2.24) is 4.98 Å². The van der Waals surface area contributed by atoms with Crippen LogP contribution in [-0.4, -0.2) is 11.3 Å². The van der Waals surface area contributed by atoms with Crippen LogP contribution in [0.4, 0.5) is 0 Å². The van der Waals surface area contributed by atoms with Crippen molar-refractivity contribution in [3.05, 3.63) is 50.2 Å². The summed E-state index contributed by atoms with van der Waals surface area (Å²) in [5.41, 5.74) is 0.523. The van der Waals surface area contributed by atoms with Crippen molar-refractivity contribution in [3.8, 4) is 11.5 Å². The first kappa shape index (κ1) is 14.4. The Bertz CT molecular complexity index is 602. The van der Waals surface area contributed by atoms with Gasteiger partial charge in [-0.05, 0) is 24.3 Å². The summed E-state index contributed by atoms with van der Waals surface area (Å²) in [6.07, 6.45) is 0.726. The molecular formula is C12H5Cl4NO2. The van der Waals surface area contributed by atoms with Crippen molar-refractivity contribution in [3.63, 3.8) is 0 Å². The molecule has 7 heteroatoms. The fraction of sp³-hybridized carbons (Fsp3) is 0. The van der Waals surface area contributed by atoms with Gasteiger partial charge in [0.1, 0.15) is 22.1 Å². The van der Waals surface area contributed by atoms with Crippen molar-refractivity contribution in [2.24, 2.45) is 0 Å². The van der Waals surface area contributed by atoms with Crippen LogP contribution in [0.5, 0.6) is 11.5 Å². The van der Waals surface area contributed by atoms with E-state index in [2.05, 4.69) is 4.98 Å². The largest absolute Gasteiger partial charge is 0.454 e. The number of ether oxygens (including phenoxy) is 1. The second-order valence-electron chi connectivity index (χ2n) is 3.44. The highest BCUT2D eigenvalue weighted by molar-refractivity contribution is 6.47. The van der Waals surface area contributed by atoms with Crippen molar-refractivity contribution < 1.29 is 9.53 Å². The second-order valence-corrected chi connectivity index (χ2v) is 4.91. The predicted molar refractivity (Wildman–Crippen MR) is 76.2 cm³/mol. The number of benzene rings is 1. The molecule has 2 rings (SSSR count). The van der Waals surface area contributed by atoms with Gasteiger partial charge in [0.25, 0.3) is 0 Å². The summed E-state index contributed by atoms with van der Waals surface area (Å²) in [4.78, 5) is 14.3. The summed E-state index contributed by atoms with van der Waals surface area (Å²) >= 11 is 23.5. The number of pyridine rings is 1. The molecule has 3 nitrogen and oxygen atoms in total. The highest BCUT2D eigenvalue weighted by Crippen LogP contribution is 2.42. The van der Waals surface area contributed by atoms with Gasteiger partial charge in [-0.3, -0.25) is 4.79 Å². The van der Waals surface area contributed by atoms with Crippen LogP contribution >= 0.6 is 46.4 Å². The van der Waals surface area contributed by atoms with Crippen LogP contribution in [0.3, 0.4) is 0 Å². The van der Waals surface area contributed by atoms with Crippen molar-refractivity contribution >= 4 is 52.7 Å². The maximum Gasteiger partial charge on any atom is 0.170 e. The summed E-state index contributed by atoms with van der Waals surface area (Å²) in [7, 11) is 0. The van der Waals surface area contributed by atoms with E-state index in [-0.39, 0.29) is 26.1 Å². The molecule has 0 aliphatic rings. The molecule has 2 aromatic rings. The molecule has 0 fully saturated rings. The van der Waals surface area contributed by atoms with E-state index in [1.54, 1.807) is 24.3 Å². The van der Waals surface area contributed by atoms with Gasteiger partial charge < -0.3 is 4.74 Å². The van der Waals surface area contributed by atoms with E-state index in [9.17, 15) is 4.79 Å². The highest BCUT2D eigenvalue weighted by atomic mass is 35.5. The molecular weight excluding hydrogens is 332 g/mol. The zero-order valence-corrected chi connectivity index (χ0v) is 12.2. The van der Waals surface area contributed by atoms with Crippen LogP contribution in [0.25, 0.3) is 0 Å². The summed E-state index contributed by atoms with van der Waals surface area (Å²) in [5, 5.41) is 0.122. The smallest absolute Gasteiger partial charge is 0.170 e. The lowest BCUT2D eigenvalue weighted by Crippen LogP contribution is -1.91. The Morgan fingerprint density at radius 3 is 1.95 bits per heavy atom. The predicted octanol–water partition coefficient (Wildman–Crippen LogP) is 5.30. The fourth-order valence-electron chi connectivity index (χ4n) is 1.29. The van der Waals surface area contributed by atoms with Crippen molar-refractivity contribution in [2.75, 3.05) is 0 Å². The van der Waals surface area contributed by atoms with Crippen LogP contribution in [0.1, 0.15) is 10.4 Å². The van der Waals surface area contributed by atoms with E-state index in [1.165, 1.54) is 0 Å². The molecule has 98 valence electrons. The number of aromatic nitrogens is 1. The zero-order valence-electron chi connectivity index (χ0n) is 9.16. The molecule has 1 heterocycles. The number of hydrogen-bond acceptors (Lipinski definition) is 3. The minimum atomic E-state index is -0.00409. The Hall–Kier alpha value is -1.000. The second kappa shape index (κ2) is 5.97. The average molecular weight is 337 g/mol. The van der Waals surface area contributed by atoms with Crippen LogP contribution in [0.15, 0.2) is 24.3 Å². The summed E-state index contributed by atoms with van der Waals surface area (Å²) in [5.74, 6) is 0.555. The molecule has 1 aromatic heterocycles. The topological polar surface area (TPSA) is 39.2 Å². The molecule has 0 saturated heterocycles. The van der Waals surface area contributed by atoms with E-state index < -0.39 is 0 Å². The van der Waals surface area contributed by atoms with Gasteiger partial charge in [0.2, 0.25) is 0 Å². The van der Waals surface area contributed by atoms with E-state index >= 15 is 0 Å². The van der Waals surface area contributed by atoms with Gasteiger partial charge in [0, 0.05) is 5.56 Å². The zero-order chi connectivity index (χ0) is 14.0. The first-order valence-electron chi connectivity index (χ1n) is 4.96. The lowest BCUT2D eigenvalue weighted by atomic mass is 10.2. The lowest BCUT2D eigenvalue weighted by molar-refractivity contribution is 0.112. The Kier molecular flexibility index (Phi) is 4.53. The maximum atomic E-state index is 10.5. The normalized spacial score (nSPS) is 10.3. The molecule has 0 atom stereocenters. The number of rotatable bonds is 3. The number of halogens is 4. The van der Waals surface area contributed by atoms with Gasteiger partial charge in [0.15, 0.2) is 16.1 Å². The maximum absolute atomic E-state index is 10.5. The first-order chi connectivity index (χ1) is 9.02. The average Bonchev–Trinajstić information content (AvgIpc) is 2.42. The summed E-state index contributed by atoms with van der Waals surface area (Å²) < 4.78 is 5.51. The lowest BCUT2D eigenvalue weighted by Gasteiger charge is -2.11. The van der Waals surface area contributed by atoms with Gasteiger partial charge in [-0.2, -0.15) is 0 Å². The first-order valence-corrected chi connectivity index (χ1v) is 6.47. The number of hydrogen-bond donors (Lipinski definition) is 0. The van der Waals surface area contributed by atoms with Gasteiger partial charge in [-0.15, -0.1) is 0 Å². The molecule has 0 unspecified atom stereocenters. The number of carbonyl (C=O) groups excluding carboxylic acids is 1. The quantitative estimate of drug-likeness (QED) is 0.564. The minimum Gasteiger partial charge on any atom is -0.454 e. The molecule has 0 aliphatic heterocycles. The SMILES string of the molecule is O=Cc1ccc(Oc2c(Cl)c(Cl)nc(Cl)c2Cl)cc1. The summed E-state index contributed by atoms with van der Waals surface area (Å²) in [6.45, 7) is 0. The molecule has 0 bridgehead atoms. The Morgan fingerprint density at radius 2 is 1.47 bits per heavy atom. The molecule has 0 radical (unpaired) electrons. The van der Waals surface area contributed by atoms with E-state index in [0.717, 1.165) is 6.29 Å². The van der Waals surface area contributed by atoms with Crippen LogP contribution in [-0.2, 0) is 0 Å². The molecule has 0 N–H and O–H groups in total. The van der Waals surface area contributed by atoms with E-state index in [0.29, 0.717) is 11.3 Å². The van der Waals surface area contributed by atoms with Crippen molar-refractivity contribution in [2.45, 2.75) is 0 Å². The van der Waals surface area contributed by atoms with Gasteiger partial charge >= 0.3 is 0 Å². The highest BCUT2D eigenvalue weighted by Gasteiger charge is 2.17. The number of carbonyl (C=O) groups is 1. The fourth-order valence-corrected chi connectivity index (χ4v) is 2.07. The molecule has 0 saturated carbocycles. The van der Waals surface area contributed by atoms with E-state index in [4.69, 9.17) is 51.1 Å². The third kappa shape index (κ3) is 3.12. The van der Waals surface area contributed by atoms with Gasteiger partial charge in [-0.1, -0.05) is 46.4 Å². The third-order valence-corrected chi connectivity index (χ3v) is 3.64. The van der Waals surface area contributed by atoms with Crippen LogP contribution in [0, 0.1) is 0 Å². The Balaban J connectivity index is 2.39. The van der Waals surface area contributed by atoms with Crippen LogP contribution in [0.2, 0.25) is 20.4 Å². The number of nitrogens with zero attached hydrogens (tertiary/aromatic N) is 1. The monoisotopic (exact) mass is 335 g/mol. The summed E-state index contributed by atoms with van der Waals surface area (Å²) in [6, 6.07) is 6.38. The van der Waals surface area contributed by atoms with Crippen LogP contribution < -0.4 is 4.74 Å². The minimum absolute atomic E-state index is 0.00409. The molecule has 0 spiro atoms. The third-order valence-electron chi connectivity index (χ3n) is 2.19. The van der Waals surface area contributed by atoms with E-state index in [1.807, 2.05) is 0 Å². The number of aldehydes is 1. The van der Waals surface area contributed by atoms with Gasteiger partial charge in [0.05, 0.1) is 0 Å². The van der Waals surface area contributed by atoms with Gasteiger partial charge in [-0.25, -0.2) is 4.98 Å². The Labute approximate surface area is 129 Å². The molecule has 0 amide bonds.